The standard InChI is InChI=1S/C16H16ClNOS2/c1-11(9-12-6-8-20-10-12)18-16(13-3-2-7-19-13)14-4-5-15(17)21-14/h2-8,10-11,16,18H,9H2,1H3. The van der Waals surface area contributed by atoms with E-state index in [0.717, 1.165) is 16.5 Å². The summed E-state index contributed by atoms with van der Waals surface area (Å²) in [7, 11) is 0. The number of furan rings is 1. The smallest absolute Gasteiger partial charge is 0.126 e. The molecule has 3 heterocycles. The number of hydrogen-bond acceptors (Lipinski definition) is 4. The Morgan fingerprint density at radius 2 is 2.19 bits per heavy atom. The van der Waals surface area contributed by atoms with Gasteiger partial charge in [0.15, 0.2) is 0 Å². The van der Waals surface area contributed by atoms with Crippen LogP contribution in [0.4, 0.5) is 0 Å². The second-order valence-electron chi connectivity index (χ2n) is 4.99. The minimum Gasteiger partial charge on any atom is -0.467 e. The maximum Gasteiger partial charge on any atom is 0.126 e. The van der Waals surface area contributed by atoms with Crippen LogP contribution in [0.3, 0.4) is 0 Å². The van der Waals surface area contributed by atoms with Gasteiger partial charge in [-0.15, -0.1) is 11.3 Å². The molecule has 3 rings (SSSR count). The molecule has 0 saturated heterocycles. The van der Waals surface area contributed by atoms with E-state index in [-0.39, 0.29) is 6.04 Å². The van der Waals surface area contributed by atoms with E-state index in [1.807, 2.05) is 18.2 Å². The average molecular weight is 338 g/mol. The van der Waals surface area contributed by atoms with E-state index in [0.29, 0.717) is 6.04 Å². The monoisotopic (exact) mass is 337 g/mol. The van der Waals surface area contributed by atoms with Crippen molar-refractivity contribution in [3.8, 4) is 0 Å². The van der Waals surface area contributed by atoms with E-state index in [1.165, 1.54) is 10.4 Å². The molecule has 5 heteroatoms. The molecule has 2 unspecified atom stereocenters. The molecule has 0 aromatic carbocycles. The molecule has 0 saturated carbocycles. The summed E-state index contributed by atoms with van der Waals surface area (Å²) in [4.78, 5) is 1.17. The van der Waals surface area contributed by atoms with Crippen molar-refractivity contribution in [2.24, 2.45) is 0 Å². The van der Waals surface area contributed by atoms with E-state index < -0.39 is 0 Å². The molecule has 0 spiro atoms. The lowest BCUT2D eigenvalue weighted by Gasteiger charge is -2.20. The van der Waals surface area contributed by atoms with Crippen LogP contribution in [-0.4, -0.2) is 6.04 Å². The van der Waals surface area contributed by atoms with Crippen molar-refractivity contribution in [3.63, 3.8) is 0 Å². The van der Waals surface area contributed by atoms with Crippen LogP contribution >= 0.6 is 34.3 Å². The van der Waals surface area contributed by atoms with Crippen LogP contribution in [0.1, 0.15) is 29.2 Å². The predicted molar refractivity (Wildman–Crippen MR) is 90.5 cm³/mol. The van der Waals surface area contributed by atoms with Crippen LogP contribution in [-0.2, 0) is 6.42 Å². The van der Waals surface area contributed by atoms with Gasteiger partial charge in [0, 0.05) is 10.9 Å². The Hall–Kier alpha value is -1.07. The molecule has 3 aromatic rings. The summed E-state index contributed by atoms with van der Waals surface area (Å²) >= 11 is 9.40. The van der Waals surface area contributed by atoms with E-state index in [1.54, 1.807) is 28.9 Å². The first-order valence-electron chi connectivity index (χ1n) is 6.78. The summed E-state index contributed by atoms with van der Waals surface area (Å²) in [6, 6.07) is 10.5. The van der Waals surface area contributed by atoms with Crippen LogP contribution in [0, 0.1) is 0 Å². The maximum absolute atomic E-state index is 6.08. The number of rotatable bonds is 6. The van der Waals surface area contributed by atoms with Gasteiger partial charge in [0.05, 0.1) is 10.6 Å². The second kappa shape index (κ2) is 6.79. The van der Waals surface area contributed by atoms with Gasteiger partial charge >= 0.3 is 0 Å². The lowest BCUT2D eigenvalue weighted by molar-refractivity contribution is 0.416. The quantitative estimate of drug-likeness (QED) is 0.654. The van der Waals surface area contributed by atoms with E-state index in [4.69, 9.17) is 16.0 Å². The van der Waals surface area contributed by atoms with Gasteiger partial charge in [-0.1, -0.05) is 11.6 Å². The Balaban J connectivity index is 1.76. The van der Waals surface area contributed by atoms with Crippen molar-refractivity contribution < 1.29 is 4.42 Å². The minimum absolute atomic E-state index is 0.0473. The fraction of sp³-hybridized carbons (Fsp3) is 0.250. The van der Waals surface area contributed by atoms with Crippen LogP contribution in [0.25, 0.3) is 0 Å². The molecule has 1 N–H and O–H groups in total. The highest BCUT2D eigenvalue weighted by atomic mass is 35.5. The van der Waals surface area contributed by atoms with E-state index in [9.17, 15) is 0 Å². The Kier molecular flexibility index (Phi) is 4.80. The molecule has 0 aliphatic carbocycles. The third kappa shape index (κ3) is 3.77. The van der Waals surface area contributed by atoms with Gasteiger partial charge in [-0.05, 0) is 60.0 Å². The highest BCUT2D eigenvalue weighted by Gasteiger charge is 2.21. The summed E-state index contributed by atoms with van der Waals surface area (Å²) in [5, 5.41) is 7.96. The minimum atomic E-state index is 0.0473. The number of thiophene rings is 2. The van der Waals surface area contributed by atoms with Crippen molar-refractivity contribution in [2.75, 3.05) is 0 Å². The summed E-state index contributed by atoms with van der Waals surface area (Å²) in [5.41, 5.74) is 1.36. The lowest BCUT2D eigenvalue weighted by atomic mass is 10.1. The van der Waals surface area contributed by atoms with Gasteiger partial charge in [-0.25, -0.2) is 0 Å². The molecule has 0 bridgehead atoms. The van der Waals surface area contributed by atoms with Crippen molar-refractivity contribution in [3.05, 3.63) is 67.9 Å². The SMILES string of the molecule is CC(Cc1ccsc1)NC(c1ccco1)c1ccc(Cl)s1. The first-order valence-corrected chi connectivity index (χ1v) is 8.92. The van der Waals surface area contributed by atoms with Gasteiger partial charge in [-0.3, -0.25) is 0 Å². The lowest BCUT2D eigenvalue weighted by Crippen LogP contribution is -2.32. The summed E-state index contributed by atoms with van der Waals surface area (Å²) < 4.78 is 6.40. The maximum atomic E-state index is 6.08. The topological polar surface area (TPSA) is 25.2 Å². The Labute approximate surface area is 137 Å². The molecule has 21 heavy (non-hydrogen) atoms. The third-order valence-corrected chi connectivity index (χ3v) is 5.31. The van der Waals surface area contributed by atoms with Gasteiger partial charge < -0.3 is 9.73 Å². The zero-order valence-electron chi connectivity index (χ0n) is 11.6. The van der Waals surface area contributed by atoms with Crippen LogP contribution in [0.2, 0.25) is 4.34 Å². The molecule has 0 fully saturated rings. The summed E-state index contributed by atoms with van der Waals surface area (Å²) in [6.07, 6.45) is 2.71. The molecule has 0 amide bonds. The molecule has 0 radical (unpaired) electrons. The van der Waals surface area contributed by atoms with Crippen LogP contribution in [0.5, 0.6) is 0 Å². The highest BCUT2D eigenvalue weighted by molar-refractivity contribution is 7.16. The Morgan fingerprint density at radius 3 is 2.81 bits per heavy atom. The summed E-state index contributed by atoms with van der Waals surface area (Å²) in [6.45, 7) is 2.20. The number of nitrogens with one attached hydrogen (secondary N) is 1. The molecular formula is C16H16ClNOS2. The molecule has 0 aliphatic rings. The Morgan fingerprint density at radius 1 is 1.29 bits per heavy atom. The highest BCUT2D eigenvalue weighted by Crippen LogP contribution is 2.31. The normalized spacial score (nSPS) is 14.2. The van der Waals surface area contributed by atoms with Crippen molar-refractivity contribution in [1.29, 1.82) is 0 Å². The Bertz CT molecular complexity index is 660. The molecular weight excluding hydrogens is 322 g/mol. The average Bonchev–Trinajstić information content (AvgIpc) is 3.18. The molecule has 0 aliphatic heterocycles. The van der Waals surface area contributed by atoms with E-state index >= 15 is 0 Å². The predicted octanol–water partition coefficient (Wildman–Crippen LogP) is 5.37. The number of halogens is 1. The molecule has 2 nitrogen and oxygen atoms in total. The van der Waals surface area contributed by atoms with Gasteiger partial charge in [0.1, 0.15) is 11.8 Å². The van der Waals surface area contributed by atoms with Crippen molar-refractivity contribution in [1.82, 2.24) is 5.32 Å². The third-order valence-electron chi connectivity index (χ3n) is 3.28. The van der Waals surface area contributed by atoms with Gasteiger partial charge in [0.25, 0.3) is 0 Å². The zero-order chi connectivity index (χ0) is 14.7. The van der Waals surface area contributed by atoms with E-state index in [2.05, 4.69) is 35.1 Å². The van der Waals surface area contributed by atoms with Crippen LogP contribution in [0.15, 0.2) is 51.8 Å². The first-order chi connectivity index (χ1) is 10.2. The molecule has 3 aromatic heterocycles. The largest absolute Gasteiger partial charge is 0.467 e. The van der Waals surface area contributed by atoms with Gasteiger partial charge in [0.2, 0.25) is 0 Å². The number of hydrogen-bond donors (Lipinski definition) is 1. The van der Waals surface area contributed by atoms with Gasteiger partial charge in [-0.2, -0.15) is 11.3 Å². The zero-order valence-corrected chi connectivity index (χ0v) is 14.0. The van der Waals surface area contributed by atoms with Crippen LogP contribution < -0.4 is 5.32 Å². The molecule has 110 valence electrons. The fourth-order valence-corrected chi connectivity index (χ4v) is 4.16. The second-order valence-corrected chi connectivity index (χ2v) is 7.52. The van der Waals surface area contributed by atoms with Crippen molar-refractivity contribution >= 4 is 34.3 Å². The van der Waals surface area contributed by atoms with Crippen molar-refractivity contribution in [2.45, 2.75) is 25.4 Å². The summed E-state index contributed by atoms with van der Waals surface area (Å²) in [5.74, 6) is 0.922. The first kappa shape index (κ1) is 14.9. The molecule has 2 atom stereocenters. The fourth-order valence-electron chi connectivity index (χ4n) is 2.35.